The van der Waals surface area contributed by atoms with Gasteiger partial charge in [-0.05, 0) is 19.3 Å². The molecular weight excluding hydrogens is 216 g/mol. The van der Waals surface area contributed by atoms with Gasteiger partial charge >= 0.3 is 0 Å². The molecule has 103 valence electrons. The SMILES string of the molecule is CCCCOC[C](OCCCC)OCCCC. The average Bonchev–Trinajstić information content (AvgIpc) is 2.34. The number of rotatable bonds is 13. The van der Waals surface area contributed by atoms with Gasteiger partial charge in [-0.2, -0.15) is 0 Å². The van der Waals surface area contributed by atoms with Crippen molar-refractivity contribution in [1.29, 1.82) is 0 Å². The predicted molar refractivity (Wildman–Crippen MR) is 70.7 cm³/mol. The van der Waals surface area contributed by atoms with E-state index in [0.717, 1.165) is 58.3 Å². The Morgan fingerprint density at radius 1 is 0.706 bits per heavy atom. The molecule has 3 heteroatoms. The van der Waals surface area contributed by atoms with Gasteiger partial charge in [0.1, 0.15) is 6.61 Å². The summed E-state index contributed by atoms with van der Waals surface area (Å²) in [5.74, 6) is 0. The first kappa shape index (κ1) is 16.9. The van der Waals surface area contributed by atoms with Gasteiger partial charge in [0.15, 0.2) is 0 Å². The summed E-state index contributed by atoms with van der Waals surface area (Å²) in [6, 6.07) is 0. The molecule has 0 aromatic heterocycles. The molecule has 0 rings (SSSR count). The summed E-state index contributed by atoms with van der Waals surface area (Å²) in [6.07, 6.45) is 7.31. The van der Waals surface area contributed by atoms with Crippen molar-refractivity contribution in [3.63, 3.8) is 0 Å². The average molecular weight is 245 g/mol. The summed E-state index contributed by atoms with van der Waals surface area (Å²) in [4.78, 5) is 0. The zero-order chi connectivity index (χ0) is 12.8. The summed E-state index contributed by atoms with van der Waals surface area (Å²) in [6.45, 7) is 9.19. The maximum Gasteiger partial charge on any atom is 0.250 e. The third-order valence-electron chi connectivity index (χ3n) is 2.38. The fraction of sp³-hybridized carbons (Fsp3) is 0.929. The lowest BCUT2D eigenvalue weighted by Crippen LogP contribution is -2.17. The van der Waals surface area contributed by atoms with E-state index >= 15 is 0 Å². The van der Waals surface area contributed by atoms with Crippen molar-refractivity contribution >= 4 is 0 Å². The van der Waals surface area contributed by atoms with E-state index in [2.05, 4.69) is 20.8 Å². The Morgan fingerprint density at radius 2 is 1.18 bits per heavy atom. The largest absolute Gasteiger partial charge is 0.376 e. The molecule has 0 atom stereocenters. The van der Waals surface area contributed by atoms with Gasteiger partial charge in [0.2, 0.25) is 6.29 Å². The molecule has 0 heterocycles. The van der Waals surface area contributed by atoms with Gasteiger partial charge in [-0.25, -0.2) is 0 Å². The summed E-state index contributed by atoms with van der Waals surface area (Å²) in [5, 5.41) is 0. The van der Waals surface area contributed by atoms with Crippen LogP contribution in [0.1, 0.15) is 59.3 Å². The van der Waals surface area contributed by atoms with E-state index in [1.807, 2.05) is 0 Å². The van der Waals surface area contributed by atoms with E-state index in [9.17, 15) is 0 Å². The van der Waals surface area contributed by atoms with Gasteiger partial charge < -0.3 is 14.2 Å². The second kappa shape index (κ2) is 13.9. The lowest BCUT2D eigenvalue weighted by Gasteiger charge is -2.16. The van der Waals surface area contributed by atoms with Crippen LogP contribution in [0.4, 0.5) is 0 Å². The fourth-order valence-corrected chi connectivity index (χ4v) is 1.19. The van der Waals surface area contributed by atoms with E-state index < -0.39 is 0 Å². The van der Waals surface area contributed by atoms with Crippen LogP contribution < -0.4 is 0 Å². The maximum atomic E-state index is 5.58. The van der Waals surface area contributed by atoms with Crippen LogP contribution in [0.15, 0.2) is 0 Å². The van der Waals surface area contributed by atoms with Crippen molar-refractivity contribution in [2.24, 2.45) is 0 Å². The Morgan fingerprint density at radius 3 is 1.65 bits per heavy atom. The van der Waals surface area contributed by atoms with Crippen LogP contribution in [-0.4, -0.2) is 26.4 Å². The van der Waals surface area contributed by atoms with Crippen molar-refractivity contribution in [3.05, 3.63) is 6.29 Å². The molecule has 0 aliphatic heterocycles. The molecule has 0 saturated heterocycles. The lowest BCUT2D eigenvalue weighted by molar-refractivity contribution is -0.0858. The van der Waals surface area contributed by atoms with Crippen LogP contribution in [0.25, 0.3) is 0 Å². The van der Waals surface area contributed by atoms with E-state index in [-0.39, 0.29) is 0 Å². The Hall–Kier alpha value is -0.120. The third kappa shape index (κ3) is 12.1. The topological polar surface area (TPSA) is 27.7 Å². The third-order valence-corrected chi connectivity index (χ3v) is 2.38. The van der Waals surface area contributed by atoms with E-state index in [1.165, 1.54) is 0 Å². The second-order valence-corrected chi connectivity index (χ2v) is 4.18. The highest BCUT2D eigenvalue weighted by molar-refractivity contribution is 4.64. The van der Waals surface area contributed by atoms with Crippen LogP contribution in [0.3, 0.4) is 0 Å². The van der Waals surface area contributed by atoms with E-state index in [4.69, 9.17) is 14.2 Å². The highest BCUT2D eigenvalue weighted by atomic mass is 16.7. The maximum absolute atomic E-state index is 5.58. The first-order valence-electron chi connectivity index (χ1n) is 7.04. The Balaban J connectivity index is 3.60. The molecule has 17 heavy (non-hydrogen) atoms. The molecule has 1 radical (unpaired) electrons. The Bertz CT molecular complexity index is 129. The molecule has 0 saturated carbocycles. The van der Waals surface area contributed by atoms with E-state index in [1.54, 1.807) is 0 Å². The van der Waals surface area contributed by atoms with Gasteiger partial charge in [0.05, 0.1) is 13.2 Å². The van der Waals surface area contributed by atoms with Crippen molar-refractivity contribution in [1.82, 2.24) is 0 Å². The molecule has 0 aromatic rings. The number of hydrogen-bond donors (Lipinski definition) is 0. The summed E-state index contributed by atoms with van der Waals surface area (Å²) in [5.41, 5.74) is 0. The highest BCUT2D eigenvalue weighted by Crippen LogP contribution is 2.09. The summed E-state index contributed by atoms with van der Waals surface area (Å²) >= 11 is 0. The van der Waals surface area contributed by atoms with Gasteiger partial charge in [-0.1, -0.05) is 40.0 Å². The number of hydrogen-bond acceptors (Lipinski definition) is 3. The van der Waals surface area contributed by atoms with Crippen LogP contribution >= 0.6 is 0 Å². The molecule has 0 aromatic carbocycles. The van der Waals surface area contributed by atoms with Crippen LogP contribution in [-0.2, 0) is 14.2 Å². The van der Waals surface area contributed by atoms with Crippen molar-refractivity contribution in [3.8, 4) is 0 Å². The van der Waals surface area contributed by atoms with Crippen molar-refractivity contribution < 1.29 is 14.2 Å². The molecule has 0 bridgehead atoms. The minimum atomic E-state index is 0.480. The first-order chi connectivity index (χ1) is 8.35. The molecule has 0 unspecified atom stereocenters. The Kier molecular flexibility index (Phi) is 13.8. The van der Waals surface area contributed by atoms with Crippen LogP contribution in [0.2, 0.25) is 0 Å². The first-order valence-corrected chi connectivity index (χ1v) is 7.04. The summed E-state index contributed by atoms with van der Waals surface area (Å²) in [7, 11) is 0. The quantitative estimate of drug-likeness (QED) is 0.460. The Labute approximate surface area is 107 Å². The monoisotopic (exact) mass is 245 g/mol. The number of unbranched alkanes of at least 4 members (excludes halogenated alkanes) is 3. The number of ether oxygens (including phenoxy) is 3. The minimum absolute atomic E-state index is 0.480. The molecule has 0 aliphatic carbocycles. The molecule has 0 amide bonds. The zero-order valence-electron chi connectivity index (χ0n) is 11.8. The fourth-order valence-electron chi connectivity index (χ4n) is 1.19. The lowest BCUT2D eigenvalue weighted by atomic mass is 10.3. The van der Waals surface area contributed by atoms with Gasteiger partial charge in [-0.15, -0.1) is 0 Å². The van der Waals surface area contributed by atoms with Gasteiger partial charge in [0, 0.05) is 6.61 Å². The molecule has 0 aliphatic rings. The molecule has 0 spiro atoms. The van der Waals surface area contributed by atoms with Crippen molar-refractivity contribution in [2.75, 3.05) is 26.4 Å². The van der Waals surface area contributed by atoms with Crippen molar-refractivity contribution in [2.45, 2.75) is 59.3 Å². The predicted octanol–water partition coefficient (Wildman–Crippen LogP) is 3.93. The molecule has 3 nitrogen and oxygen atoms in total. The van der Waals surface area contributed by atoms with Crippen LogP contribution in [0.5, 0.6) is 0 Å². The summed E-state index contributed by atoms with van der Waals surface area (Å²) < 4.78 is 16.7. The highest BCUT2D eigenvalue weighted by Gasteiger charge is 2.11. The molecule has 0 fully saturated rings. The standard InChI is InChI=1S/C14H29O3/c1-4-7-10-15-13-14(16-11-8-5-2)17-12-9-6-3/h4-13H2,1-3H3. The zero-order valence-corrected chi connectivity index (χ0v) is 11.8. The molecule has 0 N–H and O–H groups in total. The second-order valence-electron chi connectivity index (χ2n) is 4.18. The van der Waals surface area contributed by atoms with E-state index in [0.29, 0.717) is 12.9 Å². The normalized spacial score (nSPS) is 11.3. The smallest absolute Gasteiger partial charge is 0.250 e. The van der Waals surface area contributed by atoms with Gasteiger partial charge in [0.25, 0.3) is 0 Å². The van der Waals surface area contributed by atoms with Crippen LogP contribution in [0, 0.1) is 6.29 Å². The minimum Gasteiger partial charge on any atom is -0.376 e. The molecular formula is C14H29O3. The van der Waals surface area contributed by atoms with Gasteiger partial charge in [-0.3, -0.25) is 0 Å².